The van der Waals surface area contributed by atoms with E-state index in [0.29, 0.717) is 0 Å². The van der Waals surface area contributed by atoms with Crippen molar-refractivity contribution in [1.29, 1.82) is 0 Å². The Morgan fingerprint density at radius 1 is 1.15 bits per heavy atom. The van der Waals surface area contributed by atoms with Crippen LogP contribution in [0.25, 0.3) is 0 Å². The van der Waals surface area contributed by atoms with Gasteiger partial charge >= 0.3 is 0 Å². The zero-order valence-corrected chi connectivity index (χ0v) is 9.14. The zero-order chi connectivity index (χ0) is 10.2. The molecule has 80 valence electrons. The van der Waals surface area contributed by atoms with Gasteiger partial charge in [0.05, 0.1) is 5.60 Å². The molecule has 0 bridgehead atoms. The molecule has 0 atom stereocenters. The quantitative estimate of drug-likeness (QED) is 0.589. The van der Waals surface area contributed by atoms with Crippen LogP contribution in [0, 0.1) is 0 Å². The van der Waals surface area contributed by atoms with Crippen molar-refractivity contribution >= 4 is 0 Å². The molecule has 0 aromatic carbocycles. The first-order valence-electron chi connectivity index (χ1n) is 4.95. The summed E-state index contributed by atoms with van der Waals surface area (Å²) in [5.41, 5.74) is 5.30. The van der Waals surface area contributed by atoms with Gasteiger partial charge in [-0.15, -0.1) is 0 Å². The standard InChI is InChI=1S/C10H23NO2/c1-10(2,12-3)6-9-13-8-5-4-7-11/h4-9,11H2,1-3H3. The number of ether oxygens (including phenoxy) is 2. The van der Waals surface area contributed by atoms with Gasteiger partial charge in [-0.3, -0.25) is 0 Å². The number of hydrogen-bond acceptors (Lipinski definition) is 3. The predicted molar refractivity (Wildman–Crippen MR) is 54.8 cm³/mol. The molecule has 0 saturated heterocycles. The first kappa shape index (κ1) is 12.9. The lowest BCUT2D eigenvalue weighted by Gasteiger charge is -2.22. The summed E-state index contributed by atoms with van der Waals surface area (Å²) in [6.45, 7) is 6.47. The van der Waals surface area contributed by atoms with E-state index in [4.69, 9.17) is 15.2 Å². The second-order valence-corrected chi connectivity index (χ2v) is 3.82. The number of hydrogen-bond donors (Lipinski definition) is 1. The number of methoxy groups -OCH3 is 1. The van der Waals surface area contributed by atoms with Gasteiger partial charge in [0.2, 0.25) is 0 Å². The molecular weight excluding hydrogens is 166 g/mol. The van der Waals surface area contributed by atoms with E-state index in [9.17, 15) is 0 Å². The van der Waals surface area contributed by atoms with Crippen LogP contribution < -0.4 is 5.73 Å². The van der Waals surface area contributed by atoms with Gasteiger partial charge in [-0.1, -0.05) is 0 Å². The van der Waals surface area contributed by atoms with E-state index >= 15 is 0 Å². The van der Waals surface area contributed by atoms with Crippen LogP contribution in [0.3, 0.4) is 0 Å². The maximum Gasteiger partial charge on any atom is 0.0644 e. The molecular formula is C10H23NO2. The predicted octanol–water partition coefficient (Wildman–Crippen LogP) is 1.56. The summed E-state index contributed by atoms with van der Waals surface area (Å²) in [7, 11) is 1.73. The molecule has 3 heteroatoms. The molecule has 0 saturated carbocycles. The average molecular weight is 189 g/mol. The molecule has 3 nitrogen and oxygen atoms in total. The Labute approximate surface area is 81.6 Å². The van der Waals surface area contributed by atoms with Gasteiger partial charge in [-0.25, -0.2) is 0 Å². The van der Waals surface area contributed by atoms with Crippen LogP contribution in [0.15, 0.2) is 0 Å². The van der Waals surface area contributed by atoms with Crippen molar-refractivity contribution in [2.45, 2.75) is 38.7 Å². The number of rotatable bonds is 8. The highest BCUT2D eigenvalue weighted by molar-refractivity contribution is 4.66. The van der Waals surface area contributed by atoms with Crippen molar-refractivity contribution in [3.8, 4) is 0 Å². The van der Waals surface area contributed by atoms with Gasteiger partial charge in [0.15, 0.2) is 0 Å². The second-order valence-electron chi connectivity index (χ2n) is 3.82. The Bertz CT molecular complexity index is 115. The van der Waals surface area contributed by atoms with E-state index in [1.165, 1.54) is 0 Å². The summed E-state index contributed by atoms with van der Waals surface area (Å²) in [5, 5.41) is 0. The summed E-state index contributed by atoms with van der Waals surface area (Å²) < 4.78 is 10.7. The number of unbranched alkanes of at least 4 members (excludes halogenated alkanes) is 1. The van der Waals surface area contributed by atoms with Gasteiger partial charge in [0.25, 0.3) is 0 Å². The minimum absolute atomic E-state index is 0.0616. The SMILES string of the molecule is COC(C)(C)CCOCCCCN. The molecule has 0 fully saturated rings. The molecule has 2 N–H and O–H groups in total. The third-order valence-corrected chi connectivity index (χ3v) is 2.14. The van der Waals surface area contributed by atoms with Crippen LogP contribution in [0.4, 0.5) is 0 Å². The summed E-state index contributed by atoms with van der Waals surface area (Å²) in [6, 6.07) is 0. The van der Waals surface area contributed by atoms with E-state index in [1.54, 1.807) is 7.11 Å². The van der Waals surface area contributed by atoms with E-state index in [2.05, 4.69) is 13.8 Å². The van der Waals surface area contributed by atoms with Crippen molar-refractivity contribution in [3.05, 3.63) is 0 Å². The molecule has 0 amide bonds. The molecule has 0 rings (SSSR count). The first-order valence-corrected chi connectivity index (χ1v) is 4.95. The van der Waals surface area contributed by atoms with E-state index in [1.807, 2.05) is 0 Å². The highest BCUT2D eigenvalue weighted by Crippen LogP contribution is 2.12. The topological polar surface area (TPSA) is 44.5 Å². The van der Waals surface area contributed by atoms with Crippen molar-refractivity contribution in [1.82, 2.24) is 0 Å². The third kappa shape index (κ3) is 8.22. The van der Waals surface area contributed by atoms with Crippen LogP contribution in [0.1, 0.15) is 33.1 Å². The molecule has 0 unspecified atom stereocenters. The molecule has 0 spiro atoms. The van der Waals surface area contributed by atoms with Crippen molar-refractivity contribution in [2.24, 2.45) is 5.73 Å². The van der Waals surface area contributed by atoms with E-state index in [-0.39, 0.29) is 5.60 Å². The fraction of sp³-hybridized carbons (Fsp3) is 1.00. The smallest absolute Gasteiger partial charge is 0.0644 e. The zero-order valence-electron chi connectivity index (χ0n) is 9.14. The van der Waals surface area contributed by atoms with Crippen LogP contribution >= 0.6 is 0 Å². The molecule has 0 aromatic rings. The van der Waals surface area contributed by atoms with E-state index in [0.717, 1.165) is 39.0 Å². The Kier molecular flexibility index (Phi) is 7.23. The van der Waals surface area contributed by atoms with Gasteiger partial charge < -0.3 is 15.2 Å². The fourth-order valence-corrected chi connectivity index (χ4v) is 0.871. The monoisotopic (exact) mass is 189 g/mol. The number of nitrogens with two attached hydrogens (primary N) is 1. The Balaban J connectivity index is 3.16. The van der Waals surface area contributed by atoms with Gasteiger partial charge in [0.1, 0.15) is 0 Å². The Morgan fingerprint density at radius 2 is 1.85 bits per heavy atom. The lowest BCUT2D eigenvalue weighted by Crippen LogP contribution is -2.24. The summed E-state index contributed by atoms with van der Waals surface area (Å²) >= 11 is 0. The summed E-state index contributed by atoms with van der Waals surface area (Å²) in [4.78, 5) is 0. The lowest BCUT2D eigenvalue weighted by atomic mass is 10.1. The highest BCUT2D eigenvalue weighted by Gasteiger charge is 2.15. The van der Waals surface area contributed by atoms with Crippen LogP contribution in [0.5, 0.6) is 0 Å². The van der Waals surface area contributed by atoms with Crippen molar-refractivity contribution in [3.63, 3.8) is 0 Å². The molecule has 0 radical (unpaired) electrons. The largest absolute Gasteiger partial charge is 0.381 e. The Morgan fingerprint density at radius 3 is 2.38 bits per heavy atom. The van der Waals surface area contributed by atoms with Gasteiger partial charge in [0, 0.05) is 20.3 Å². The van der Waals surface area contributed by atoms with Crippen molar-refractivity contribution < 1.29 is 9.47 Å². The highest BCUT2D eigenvalue weighted by atomic mass is 16.5. The first-order chi connectivity index (χ1) is 6.12. The maximum atomic E-state index is 5.44. The minimum atomic E-state index is -0.0616. The molecule has 0 aromatic heterocycles. The maximum absolute atomic E-state index is 5.44. The fourth-order valence-electron chi connectivity index (χ4n) is 0.871. The second kappa shape index (κ2) is 7.30. The van der Waals surface area contributed by atoms with E-state index < -0.39 is 0 Å². The summed E-state index contributed by atoms with van der Waals surface area (Å²) in [5.74, 6) is 0. The van der Waals surface area contributed by atoms with Crippen LogP contribution in [-0.4, -0.2) is 32.5 Å². The summed E-state index contributed by atoms with van der Waals surface area (Å²) in [6.07, 6.45) is 3.05. The normalized spacial score (nSPS) is 12.0. The van der Waals surface area contributed by atoms with Crippen LogP contribution in [-0.2, 0) is 9.47 Å². The van der Waals surface area contributed by atoms with Gasteiger partial charge in [-0.2, -0.15) is 0 Å². The molecule has 0 aliphatic carbocycles. The molecule has 0 heterocycles. The molecule has 0 aliphatic heterocycles. The molecule has 13 heavy (non-hydrogen) atoms. The molecule has 0 aliphatic rings. The Hall–Kier alpha value is -0.120. The lowest BCUT2D eigenvalue weighted by molar-refractivity contribution is -0.0101. The van der Waals surface area contributed by atoms with Crippen molar-refractivity contribution in [2.75, 3.05) is 26.9 Å². The third-order valence-electron chi connectivity index (χ3n) is 2.14. The minimum Gasteiger partial charge on any atom is -0.381 e. The average Bonchev–Trinajstić information content (AvgIpc) is 2.11. The van der Waals surface area contributed by atoms with Crippen LogP contribution in [0.2, 0.25) is 0 Å². The van der Waals surface area contributed by atoms with Gasteiger partial charge in [-0.05, 0) is 39.7 Å².